The third-order valence-corrected chi connectivity index (χ3v) is 5.99. The predicted octanol–water partition coefficient (Wildman–Crippen LogP) is 3.43. The molecule has 2 amide bonds. The molecule has 0 aromatic carbocycles. The average molecular weight is 474 g/mol. The number of methoxy groups -OCH3 is 1. The van der Waals surface area contributed by atoms with E-state index >= 15 is 0 Å². The van der Waals surface area contributed by atoms with E-state index < -0.39 is 0 Å². The number of nitriles is 1. The van der Waals surface area contributed by atoms with Crippen LogP contribution in [0.4, 0.5) is 16.4 Å². The van der Waals surface area contributed by atoms with Crippen LogP contribution in [0.5, 0.6) is 0 Å². The van der Waals surface area contributed by atoms with Crippen molar-refractivity contribution < 1.29 is 14.3 Å². The SMILES string of the molecule is COCCCc1cc(NC(=O)N2CCCc3cc(-c4cn(C)nc4C)c(C=O)nc32)ncc1C#N. The van der Waals surface area contributed by atoms with E-state index in [-0.39, 0.29) is 11.7 Å². The maximum absolute atomic E-state index is 13.2. The number of urea groups is 1. The van der Waals surface area contributed by atoms with Gasteiger partial charge in [-0.25, -0.2) is 14.8 Å². The zero-order valence-electron chi connectivity index (χ0n) is 20.0. The van der Waals surface area contributed by atoms with Crippen LogP contribution in [0.25, 0.3) is 11.1 Å². The van der Waals surface area contributed by atoms with Crippen molar-refractivity contribution in [3.8, 4) is 17.2 Å². The van der Waals surface area contributed by atoms with Crippen LogP contribution < -0.4 is 10.2 Å². The molecule has 0 spiro atoms. The summed E-state index contributed by atoms with van der Waals surface area (Å²) in [6.07, 6.45) is 6.93. The van der Waals surface area contributed by atoms with Crippen LogP contribution in [0.1, 0.15) is 45.7 Å². The summed E-state index contributed by atoms with van der Waals surface area (Å²) >= 11 is 0. The minimum absolute atomic E-state index is 0.261. The number of nitrogens with zero attached hydrogens (tertiary/aromatic N) is 6. The molecule has 0 saturated carbocycles. The van der Waals surface area contributed by atoms with Gasteiger partial charge in [-0.3, -0.25) is 19.7 Å². The lowest BCUT2D eigenvalue weighted by atomic mass is 9.98. The molecule has 0 saturated heterocycles. The number of aldehydes is 1. The molecular weight excluding hydrogens is 446 g/mol. The molecule has 4 heterocycles. The number of pyridine rings is 2. The van der Waals surface area contributed by atoms with Gasteiger partial charge >= 0.3 is 6.03 Å². The number of aryl methyl sites for hydroxylation is 4. The number of carbonyl (C=O) groups is 2. The number of nitrogens with one attached hydrogen (secondary N) is 1. The molecule has 0 radical (unpaired) electrons. The van der Waals surface area contributed by atoms with Crippen LogP contribution in [-0.4, -0.2) is 52.3 Å². The van der Waals surface area contributed by atoms with Gasteiger partial charge in [-0.2, -0.15) is 10.4 Å². The van der Waals surface area contributed by atoms with Gasteiger partial charge in [-0.05, 0) is 55.9 Å². The van der Waals surface area contributed by atoms with Crippen LogP contribution in [0.3, 0.4) is 0 Å². The molecular formula is C25H27N7O3. The lowest BCUT2D eigenvalue weighted by Crippen LogP contribution is -2.39. The molecule has 4 rings (SSSR count). The fourth-order valence-corrected chi connectivity index (χ4v) is 4.33. The summed E-state index contributed by atoms with van der Waals surface area (Å²) in [5.74, 6) is 0.821. The molecule has 10 nitrogen and oxygen atoms in total. The summed E-state index contributed by atoms with van der Waals surface area (Å²) in [6, 6.07) is 5.40. The van der Waals surface area contributed by atoms with Gasteiger partial charge < -0.3 is 4.74 Å². The molecule has 1 N–H and O–H groups in total. The first-order valence-electron chi connectivity index (χ1n) is 11.4. The largest absolute Gasteiger partial charge is 0.385 e. The highest BCUT2D eigenvalue weighted by Crippen LogP contribution is 2.33. The van der Waals surface area contributed by atoms with Gasteiger partial charge in [0.1, 0.15) is 23.4 Å². The van der Waals surface area contributed by atoms with Gasteiger partial charge in [0.05, 0.1) is 11.3 Å². The van der Waals surface area contributed by atoms with E-state index in [1.54, 1.807) is 17.9 Å². The Hall–Kier alpha value is -4.10. The van der Waals surface area contributed by atoms with E-state index in [4.69, 9.17) is 4.74 Å². The summed E-state index contributed by atoms with van der Waals surface area (Å²) in [4.78, 5) is 35.5. The Balaban J connectivity index is 1.61. The molecule has 0 unspecified atom stereocenters. The van der Waals surface area contributed by atoms with E-state index in [1.165, 1.54) is 11.1 Å². The highest BCUT2D eigenvalue weighted by molar-refractivity contribution is 6.02. The summed E-state index contributed by atoms with van der Waals surface area (Å²) < 4.78 is 6.80. The van der Waals surface area contributed by atoms with Gasteiger partial charge in [0.15, 0.2) is 6.29 Å². The van der Waals surface area contributed by atoms with E-state index in [0.717, 1.165) is 41.6 Å². The maximum atomic E-state index is 13.2. The van der Waals surface area contributed by atoms with Crippen molar-refractivity contribution in [3.63, 3.8) is 0 Å². The predicted molar refractivity (Wildman–Crippen MR) is 130 cm³/mol. The smallest absolute Gasteiger partial charge is 0.328 e. The monoisotopic (exact) mass is 473 g/mol. The molecule has 0 bridgehead atoms. The molecule has 10 heteroatoms. The minimum Gasteiger partial charge on any atom is -0.385 e. The Bertz CT molecular complexity index is 1310. The fourth-order valence-electron chi connectivity index (χ4n) is 4.33. The van der Waals surface area contributed by atoms with Crippen molar-refractivity contribution in [2.45, 2.75) is 32.6 Å². The zero-order valence-corrected chi connectivity index (χ0v) is 20.0. The molecule has 180 valence electrons. The first kappa shape index (κ1) is 24.0. The topological polar surface area (TPSA) is 126 Å². The summed E-state index contributed by atoms with van der Waals surface area (Å²) in [5.41, 5.74) is 4.77. The van der Waals surface area contributed by atoms with E-state index in [2.05, 4.69) is 26.5 Å². The second kappa shape index (κ2) is 10.4. The number of hydrogen-bond acceptors (Lipinski definition) is 7. The quantitative estimate of drug-likeness (QED) is 0.411. The highest BCUT2D eigenvalue weighted by atomic mass is 16.5. The second-order valence-electron chi connectivity index (χ2n) is 8.44. The number of carbonyl (C=O) groups excluding carboxylic acids is 2. The summed E-state index contributed by atoms with van der Waals surface area (Å²) in [5, 5.41) is 16.6. The molecule has 3 aromatic heterocycles. The molecule has 35 heavy (non-hydrogen) atoms. The Morgan fingerprint density at radius 2 is 2.17 bits per heavy atom. The van der Waals surface area contributed by atoms with Gasteiger partial charge in [-0.15, -0.1) is 0 Å². The standard InChI is InChI=1S/C25H27N7O3/c1-16-21(14-31(2)30-16)20-10-18-6-4-8-32(24(18)28-22(20)15-33)25(34)29-23-11-17(7-5-9-35-3)19(12-26)13-27-23/h10-11,13-15H,4-9H2,1-3H3,(H,27,29,34). The number of rotatable bonds is 7. The third-order valence-electron chi connectivity index (χ3n) is 5.99. The van der Waals surface area contributed by atoms with Gasteiger partial charge in [0.25, 0.3) is 0 Å². The Labute approximate surface area is 203 Å². The van der Waals surface area contributed by atoms with Gasteiger partial charge in [0, 0.05) is 50.8 Å². The molecule has 1 aliphatic rings. The van der Waals surface area contributed by atoms with Crippen molar-refractivity contribution in [2.75, 3.05) is 30.5 Å². The van der Waals surface area contributed by atoms with E-state index in [9.17, 15) is 14.9 Å². The van der Waals surface area contributed by atoms with Crippen LogP contribution in [0.15, 0.2) is 24.5 Å². The van der Waals surface area contributed by atoms with Crippen LogP contribution in [-0.2, 0) is 24.6 Å². The Kier molecular flexibility index (Phi) is 7.17. The molecule has 3 aromatic rings. The van der Waals surface area contributed by atoms with Gasteiger partial charge in [-0.1, -0.05) is 0 Å². The number of aromatic nitrogens is 4. The lowest BCUT2D eigenvalue weighted by Gasteiger charge is -2.29. The van der Waals surface area contributed by atoms with Crippen LogP contribution in [0.2, 0.25) is 0 Å². The normalized spacial score (nSPS) is 12.7. The summed E-state index contributed by atoms with van der Waals surface area (Å²) in [6.45, 7) is 2.92. The number of hydrogen-bond donors (Lipinski definition) is 1. The maximum Gasteiger partial charge on any atom is 0.328 e. The first-order valence-corrected chi connectivity index (χ1v) is 11.4. The van der Waals surface area contributed by atoms with Crippen molar-refractivity contribution in [1.29, 1.82) is 5.26 Å². The third kappa shape index (κ3) is 5.05. The van der Waals surface area contributed by atoms with Crippen LogP contribution >= 0.6 is 0 Å². The molecule has 1 aliphatic heterocycles. The number of ether oxygens (including phenoxy) is 1. The molecule has 0 fully saturated rings. The van der Waals surface area contributed by atoms with Crippen molar-refractivity contribution in [2.24, 2.45) is 7.05 Å². The Morgan fingerprint density at radius 3 is 2.86 bits per heavy atom. The van der Waals surface area contributed by atoms with Crippen molar-refractivity contribution in [3.05, 3.63) is 52.6 Å². The highest BCUT2D eigenvalue weighted by Gasteiger charge is 2.27. The number of amides is 2. The Morgan fingerprint density at radius 1 is 1.34 bits per heavy atom. The average Bonchev–Trinajstić information content (AvgIpc) is 3.20. The minimum atomic E-state index is -0.388. The van der Waals surface area contributed by atoms with Gasteiger partial charge in [0.2, 0.25) is 0 Å². The zero-order chi connectivity index (χ0) is 24.9. The molecule has 0 aliphatic carbocycles. The van der Waals surface area contributed by atoms with Crippen LogP contribution in [0, 0.1) is 18.3 Å². The fraction of sp³-hybridized carbons (Fsp3) is 0.360. The van der Waals surface area contributed by atoms with E-state index in [0.29, 0.717) is 48.6 Å². The summed E-state index contributed by atoms with van der Waals surface area (Å²) in [7, 11) is 3.46. The lowest BCUT2D eigenvalue weighted by molar-refractivity contribution is 0.111. The van der Waals surface area contributed by atoms with Crippen molar-refractivity contribution >= 4 is 24.0 Å². The first-order chi connectivity index (χ1) is 16.9. The van der Waals surface area contributed by atoms with E-state index in [1.807, 2.05) is 26.2 Å². The van der Waals surface area contributed by atoms with Crippen molar-refractivity contribution in [1.82, 2.24) is 19.7 Å². The number of fused-ring (bicyclic) bond motifs is 1. The number of anilines is 2. The molecule has 0 atom stereocenters. The second-order valence-corrected chi connectivity index (χ2v) is 8.44.